The molecule has 0 radical (unpaired) electrons. The van der Waals surface area contributed by atoms with Crippen LogP contribution in [0.2, 0.25) is 0 Å². The van der Waals surface area contributed by atoms with E-state index in [1.807, 2.05) is 62.4 Å². The van der Waals surface area contributed by atoms with E-state index in [1.165, 1.54) is 7.11 Å². The summed E-state index contributed by atoms with van der Waals surface area (Å²) in [5.41, 5.74) is 2.44. The topological polar surface area (TPSA) is 75.7 Å². The Bertz CT molecular complexity index is 895. The third-order valence-corrected chi connectivity index (χ3v) is 5.17. The third-order valence-electron chi connectivity index (χ3n) is 5.17. The van der Waals surface area contributed by atoms with Crippen LogP contribution in [-0.2, 0) is 27.3 Å². The standard InChI is InChI=1S/C23H26N2O4/c1-15(2)20(25-14-17-11-7-8-12-18(17)22(25)27)21(26)24-19(23(28)29-3)13-16-9-5-4-6-10-16/h4-12,15,19-20H,13-14H2,1-3H3,(H,24,26)/t19-,20+/m1/s1. The molecule has 1 aliphatic rings. The Hall–Kier alpha value is -3.15. The number of benzene rings is 2. The summed E-state index contributed by atoms with van der Waals surface area (Å²) in [4.78, 5) is 39.9. The fraction of sp³-hybridized carbons (Fsp3) is 0.348. The fourth-order valence-corrected chi connectivity index (χ4v) is 3.75. The quantitative estimate of drug-likeness (QED) is 0.733. The number of hydrogen-bond donors (Lipinski definition) is 1. The Kier molecular flexibility index (Phi) is 6.32. The minimum absolute atomic E-state index is 0.122. The molecule has 6 nitrogen and oxygen atoms in total. The maximum absolute atomic E-state index is 13.2. The van der Waals surface area contributed by atoms with Gasteiger partial charge >= 0.3 is 5.97 Å². The number of hydrogen-bond acceptors (Lipinski definition) is 4. The highest BCUT2D eigenvalue weighted by molar-refractivity contribution is 6.01. The lowest BCUT2D eigenvalue weighted by Gasteiger charge is -2.31. The van der Waals surface area contributed by atoms with Gasteiger partial charge in [0.25, 0.3) is 5.91 Å². The molecule has 2 aromatic rings. The van der Waals surface area contributed by atoms with E-state index in [2.05, 4.69) is 5.32 Å². The van der Waals surface area contributed by atoms with Crippen molar-refractivity contribution in [1.82, 2.24) is 10.2 Å². The fourth-order valence-electron chi connectivity index (χ4n) is 3.75. The lowest BCUT2D eigenvalue weighted by Crippen LogP contribution is -2.54. The number of methoxy groups -OCH3 is 1. The first kappa shape index (κ1) is 20.6. The molecule has 0 unspecified atom stereocenters. The van der Waals surface area contributed by atoms with E-state index in [-0.39, 0.29) is 17.7 Å². The van der Waals surface area contributed by atoms with E-state index < -0.39 is 18.1 Å². The second-order valence-electron chi connectivity index (χ2n) is 7.55. The minimum Gasteiger partial charge on any atom is -0.467 e. The Morgan fingerprint density at radius 2 is 1.72 bits per heavy atom. The van der Waals surface area contributed by atoms with E-state index in [4.69, 9.17) is 4.74 Å². The predicted octanol–water partition coefficient (Wildman–Crippen LogP) is 2.57. The number of nitrogens with one attached hydrogen (secondary N) is 1. The molecule has 29 heavy (non-hydrogen) atoms. The highest BCUT2D eigenvalue weighted by atomic mass is 16.5. The zero-order chi connectivity index (χ0) is 21.0. The number of rotatable bonds is 7. The van der Waals surface area contributed by atoms with Gasteiger partial charge in [0.2, 0.25) is 5.91 Å². The molecule has 0 saturated carbocycles. The molecule has 2 atom stereocenters. The van der Waals surface area contributed by atoms with E-state index in [0.717, 1.165) is 11.1 Å². The van der Waals surface area contributed by atoms with Crippen LogP contribution in [0.5, 0.6) is 0 Å². The minimum atomic E-state index is -0.823. The monoisotopic (exact) mass is 394 g/mol. The molecular formula is C23H26N2O4. The SMILES string of the molecule is COC(=O)[C@@H](Cc1ccccc1)NC(=O)[C@H](C(C)C)N1Cc2ccccc2C1=O. The maximum Gasteiger partial charge on any atom is 0.328 e. The molecule has 1 N–H and O–H groups in total. The van der Waals surface area contributed by atoms with Crippen LogP contribution >= 0.6 is 0 Å². The van der Waals surface area contributed by atoms with Gasteiger partial charge in [-0.05, 0) is 23.1 Å². The average molecular weight is 394 g/mol. The van der Waals surface area contributed by atoms with Gasteiger partial charge < -0.3 is 15.0 Å². The van der Waals surface area contributed by atoms with Crippen molar-refractivity contribution >= 4 is 17.8 Å². The van der Waals surface area contributed by atoms with Crippen molar-refractivity contribution in [2.45, 2.75) is 38.9 Å². The lowest BCUT2D eigenvalue weighted by atomic mass is 10.00. The first-order chi connectivity index (χ1) is 13.9. The highest BCUT2D eigenvalue weighted by Gasteiger charge is 2.39. The van der Waals surface area contributed by atoms with Crippen LogP contribution in [0.4, 0.5) is 0 Å². The molecule has 2 amide bonds. The molecule has 0 bridgehead atoms. The summed E-state index contributed by atoms with van der Waals surface area (Å²) in [5.74, 6) is -1.15. The van der Waals surface area contributed by atoms with Crippen molar-refractivity contribution in [2.24, 2.45) is 5.92 Å². The van der Waals surface area contributed by atoms with Gasteiger partial charge in [0.05, 0.1) is 7.11 Å². The van der Waals surface area contributed by atoms with Crippen molar-refractivity contribution in [2.75, 3.05) is 7.11 Å². The lowest BCUT2D eigenvalue weighted by molar-refractivity contribution is -0.145. The predicted molar refractivity (Wildman–Crippen MR) is 109 cm³/mol. The van der Waals surface area contributed by atoms with Crippen LogP contribution in [0, 0.1) is 5.92 Å². The zero-order valence-corrected chi connectivity index (χ0v) is 16.9. The van der Waals surface area contributed by atoms with Crippen LogP contribution in [0.15, 0.2) is 54.6 Å². The van der Waals surface area contributed by atoms with Gasteiger partial charge in [-0.3, -0.25) is 9.59 Å². The molecule has 3 rings (SSSR count). The zero-order valence-electron chi connectivity index (χ0n) is 16.9. The van der Waals surface area contributed by atoms with Gasteiger partial charge in [0.1, 0.15) is 12.1 Å². The molecule has 1 heterocycles. The maximum atomic E-state index is 13.2. The van der Waals surface area contributed by atoms with Gasteiger partial charge in [-0.25, -0.2) is 4.79 Å². The molecule has 0 saturated heterocycles. The Morgan fingerprint density at radius 1 is 1.07 bits per heavy atom. The van der Waals surface area contributed by atoms with Crippen molar-refractivity contribution < 1.29 is 19.1 Å². The summed E-state index contributed by atoms with van der Waals surface area (Å²) < 4.78 is 4.89. The summed E-state index contributed by atoms with van der Waals surface area (Å²) >= 11 is 0. The molecule has 6 heteroatoms. The number of amides is 2. The van der Waals surface area contributed by atoms with Gasteiger partial charge in [0.15, 0.2) is 0 Å². The normalized spacial score (nSPS) is 15.0. The van der Waals surface area contributed by atoms with Gasteiger partial charge in [0, 0.05) is 18.5 Å². The molecule has 0 aromatic heterocycles. The van der Waals surface area contributed by atoms with Crippen LogP contribution < -0.4 is 5.32 Å². The Labute approximate surface area is 170 Å². The van der Waals surface area contributed by atoms with Crippen LogP contribution in [0.3, 0.4) is 0 Å². The van der Waals surface area contributed by atoms with E-state index >= 15 is 0 Å². The Balaban J connectivity index is 1.79. The summed E-state index contributed by atoms with van der Waals surface area (Å²) in [6.45, 7) is 4.17. The van der Waals surface area contributed by atoms with Crippen molar-refractivity contribution in [3.63, 3.8) is 0 Å². The molecule has 0 aliphatic carbocycles. The van der Waals surface area contributed by atoms with Crippen LogP contribution in [0.25, 0.3) is 0 Å². The van der Waals surface area contributed by atoms with Crippen molar-refractivity contribution in [3.05, 3.63) is 71.3 Å². The summed E-state index contributed by atoms with van der Waals surface area (Å²) in [5, 5.41) is 2.81. The smallest absolute Gasteiger partial charge is 0.328 e. The number of ether oxygens (including phenoxy) is 1. The Morgan fingerprint density at radius 3 is 2.34 bits per heavy atom. The molecule has 1 aliphatic heterocycles. The first-order valence-electron chi connectivity index (χ1n) is 9.73. The van der Waals surface area contributed by atoms with E-state index in [1.54, 1.807) is 11.0 Å². The van der Waals surface area contributed by atoms with Gasteiger partial charge in [-0.2, -0.15) is 0 Å². The van der Waals surface area contributed by atoms with Gasteiger partial charge in [-0.15, -0.1) is 0 Å². The summed E-state index contributed by atoms with van der Waals surface area (Å²) in [6, 6.07) is 15.3. The number of carbonyl (C=O) groups is 3. The van der Waals surface area contributed by atoms with Crippen LogP contribution in [0.1, 0.15) is 35.3 Å². The summed E-state index contributed by atoms with van der Waals surface area (Å²) in [6.07, 6.45) is 0.318. The van der Waals surface area contributed by atoms with Gasteiger partial charge in [-0.1, -0.05) is 62.4 Å². The average Bonchev–Trinajstić information content (AvgIpc) is 3.04. The second kappa shape index (κ2) is 8.90. The van der Waals surface area contributed by atoms with Crippen molar-refractivity contribution in [3.8, 4) is 0 Å². The molecular weight excluding hydrogens is 368 g/mol. The third kappa shape index (κ3) is 4.47. The van der Waals surface area contributed by atoms with Crippen molar-refractivity contribution in [1.29, 1.82) is 0 Å². The molecule has 152 valence electrons. The second-order valence-corrected chi connectivity index (χ2v) is 7.55. The van der Waals surface area contributed by atoms with E-state index in [9.17, 15) is 14.4 Å². The van der Waals surface area contributed by atoms with E-state index in [0.29, 0.717) is 18.5 Å². The number of esters is 1. The molecule has 0 spiro atoms. The largest absolute Gasteiger partial charge is 0.467 e. The number of nitrogens with zero attached hydrogens (tertiary/aromatic N) is 1. The molecule has 0 fully saturated rings. The van der Waals surface area contributed by atoms with Crippen LogP contribution in [-0.4, -0.2) is 41.9 Å². The number of carbonyl (C=O) groups excluding carboxylic acids is 3. The number of fused-ring (bicyclic) bond motifs is 1. The first-order valence-corrected chi connectivity index (χ1v) is 9.73. The summed E-state index contributed by atoms with van der Waals surface area (Å²) in [7, 11) is 1.30. The highest BCUT2D eigenvalue weighted by Crippen LogP contribution is 2.27. The molecule has 2 aromatic carbocycles.